The summed E-state index contributed by atoms with van der Waals surface area (Å²) in [7, 11) is -3.55. The van der Waals surface area contributed by atoms with Crippen molar-refractivity contribution < 1.29 is 13.2 Å². The van der Waals surface area contributed by atoms with Gasteiger partial charge in [0.2, 0.25) is 10.0 Å². The van der Waals surface area contributed by atoms with Gasteiger partial charge in [-0.3, -0.25) is 23.9 Å². The van der Waals surface area contributed by atoms with Crippen LogP contribution in [-0.2, 0) is 10.0 Å². The number of hydrogen-bond donors (Lipinski definition) is 3. The summed E-state index contributed by atoms with van der Waals surface area (Å²) in [6, 6.07) is 14.9. The van der Waals surface area contributed by atoms with Crippen LogP contribution < -0.4 is 21.3 Å². The zero-order valence-electron chi connectivity index (χ0n) is 25.8. The molecule has 0 aliphatic carbocycles. The summed E-state index contributed by atoms with van der Waals surface area (Å²) in [5.41, 5.74) is 7.85. The minimum atomic E-state index is -3.55. The molecule has 4 heterocycles. The summed E-state index contributed by atoms with van der Waals surface area (Å²) in [4.78, 5) is 50.3. The molecule has 6 rings (SSSR count). The number of nitrogens with one attached hydrogen (secondary N) is 2. The summed E-state index contributed by atoms with van der Waals surface area (Å²) in [6.45, 7) is 3.59. The highest BCUT2D eigenvalue weighted by Gasteiger charge is 2.23. The van der Waals surface area contributed by atoms with Crippen molar-refractivity contribution in [2.45, 2.75) is 19.9 Å². The van der Waals surface area contributed by atoms with E-state index in [0.717, 1.165) is 16.1 Å². The van der Waals surface area contributed by atoms with Gasteiger partial charge < -0.3 is 11.1 Å². The summed E-state index contributed by atoms with van der Waals surface area (Å²) in [5, 5.41) is 4.08. The van der Waals surface area contributed by atoms with Gasteiger partial charge in [-0.1, -0.05) is 30.2 Å². The molecule has 1 atom stereocenters. The van der Waals surface area contributed by atoms with Crippen molar-refractivity contribution in [1.29, 1.82) is 0 Å². The Kier molecular flexibility index (Phi) is 8.68. The summed E-state index contributed by atoms with van der Waals surface area (Å²) in [6.07, 6.45) is 6.85. The number of carbonyl (C=O) groups is 1. The SMILES string of the molecule is Cc1ncc(C#Cc2cccc3nc(C(C)NC(=O)c4nc(-c5cncc(NS(C)(=O)=O)c5)cnc4N)n(-c4ccccc4)c(=O)c23)s1. The molecule has 13 nitrogen and oxygen atoms in total. The largest absolute Gasteiger partial charge is 0.382 e. The molecule has 240 valence electrons. The Morgan fingerprint density at radius 2 is 1.79 bits per heavy atom. The Labute approximate surface area is 279 Å². The Hall–Kier alpha value is -5.98. The minimum Gasteiger partial charge on any atom is -0.382 e. The summed E-state index contributed by atoms with van der Waals surface area (Å²) < 4.78 is 27.2. The van der Waals surface area contributed by atoms with E-state index in [0.29, 0.717) is 27.7 Å². The highest BCUT2D eigenvalue weighted by atomic mass is 32.2. The Balaban J connectivity index is 1.38. The third kappa shape index (κ3) is 6.89. The zero-order chi connectivity index (χ0) is 34.0. The molecule has 0 aliphatic heterocycles. The number of aryl methyl sites for hydroxylation is 1. The van der Waals surface area contributed by atoms with Crippen molar-refractivity contribution in [3.63, 3.8) is 0 Å². The number of aromatic nitrogens is 6. The molecule has 0 bridgehead atoms. The molecule has 4 aromatic heterocycles. The predicted octanol–water partition coefficient (Wildman–Crippen LogP) is 3.85. The average Bonchev–Trinajstić information content (AvgIpc) is 3.48. The number of thiazole rings is 1. The van der Waals surface area contributed by atoms with Crippen molar-refractivity contribution in [3.8, 4) is 28.8 Å². The van der Waals surface area contributed by atoms with Crippen LogP contribution >= 0.6 is 11.3 Å². The lowest BCUT2D eigenvalue weighted by Crippen LogP contribution is -2.34. The molecule has 0 fully saturated rings. The Bertz CT molecular complexity index is 2430. The second kappa shape index (κ2) is 13.0. The molecular weight excluding hydrogens is 651 g/mol. The number of sulfonamides is 1. The number of nitrogens with two attached hydrogens (primary N) is 1. The number of rotatable bonds is 7. The third-order valence-corrected chi connectivity index (χ3v) is 8.40. The second-order valence-electron chi connectivity index (χ2n) is 10.7. The third-order valence-electron chi connectivity index (χ3n) is 6.97. The van der Waals surface area contributed by atoms with Gasteiger partial charge in [0.05, 0.1) is 68.7 Å². The number of carbonyl (C=O) groups excluding carboxylic acids is 1. The number of fused-ring (bicyclic) bond motifs is 1. The number of pyridine rings is 1. The molecular formula is C33H27N9O4S2. The topological polar surface area (TPSA) is 188 Å². The van der Waals surface area contributed by atoms with Gasteiger partial charge in [0.25, 0.3) is 11.5 Å². The van der Waals surface area contributed by atoms with E-state index >= 15 is 0 Å². The number of hydrogen-bond acceptors (Lipinski definition) is 11. The lowest BCUT2D eigenvalue weighted by molar-refractivity contribution is 0.0933. The van der Waals surface area contributed by atoms with Crippen LogP contribution in [-0.4, -0.2) is 50.1 Å². The fourth-order valence-corrected chi connectivity index (χ4v) is 6.07. The van der Waals surface area contributed by atoms with Crippen LogP contribution in [0.3, 0.4) is 0 Å². The van der Waals surface area contributed by atoms with Crippen molar-refractivity contribution in [3.05, 3.63) is 117 Å². The van der Waals surface area contributed by atoms with Crippen LogP contribution in [0.2, 0.25) is 0 Å². The summed E-state index contributed by atoms with van der Waals surface area (Å²) in [5.74, 6) is 5.67. The molecule has 0 saturated carbocycles. The number of nitrogens with zero attached hydrogens (tertiary/aromatic N) is 6. The predicted molar refractivity (Wildman–Crippen MR) is 184 cm³/mol. The molecule has 48 heavy (non-hydrogen) atoms. The molecule has 4 N–H and O–H groups in total. The fraction of sp³-hybridized carbons (Fsp3) is 0.121. The van der Waals surface area contributed by atoms with Crippen LogP contribution in [0.1, 0.15) is 44.7 Å². The quantitative estimate of drug-likeness (QED) is 0.210. The first-order chi connectivity index (χ1) is 23.0. The zero-order valence-corrected chi connectivity index (χ0v) is 27.4. The van der Waals surface area contributed by atoms with Gasteiger partial charge in [-0.25, -0.2) is 28.4 Å². The van der Waals surface area contributed by atoms with E-state index in [9.17, 15) is 18.0 Å². The number of para-hydroxylation sites is 1. The van der Waals surface area contributed by atoms with E-state index in [1.54, 1.807) is 55.6 Å². The average molecular weight is 678 g/mol. The molecule has 2 aromatic carbocycles. The van der Waals surface area contributed by atoms with E-state index in [1.165, 1.54) is 40.6 Å². The van der Waals surface area contributed by atoms with Crippen LogP contribution in [0.4, 0.5) is 11.5 Å². The van der Waals surface area contributed by atoms with Crippen LogP contribution in [0.5, 0.6) is 0 Å². The lowest BCUT2D eigenvalue weighted by atomic mass is 10.1. The number of anilines is 2. The molecule has 1 unspecified atom stereocenters. The van der Waals surface area contributed by atoms with E-state index in [1.807, 2.05) is 13.0 Å². The summed E-state index contributed by atoms with van der Waals surface area (Å²) >= 11 is 1.46. The van der Waals surface area contributed by atoms with E-state index in [4.69, 9.17) is 10.7 Å². The normalized spacial score (nSPS) is 11.8. The van der Waals surface area contributed by atoms with Gasteiger partial charge in [0.1, 0.15) is 5.82 Å². The lowest BCUT2D eigenvalue weighted by Gasteiger charge is -2.20. The minimum absolute atomic E-state index is 0.131. The van der Waals surface area contributed by atoms with Gasteiger partial charge in [-0.2, -0.15) is 0 Å². The van der Waals surface area contributed by atoms with Crippen LogP contribution in [0.15, 0.2) is 84.2 Å². The van der Waals surface area contributed by atoms with Crippen LogP contribution in [0.25, 0.3) is 27.8 Å². The fourth-order valence-electron chi connectivity index (χ4n) is 4.90. The molecule has 0 radical (unpaired) electrons. The molecule has 15 heteroatoms. The molecule has 0 saturated heterocycles. The number of amides is 1. The maximum atomic E-state index is 14.3. The van der Waals surface area contributed by atoms with Crippen molar-refractivity contribution in [2.24, 2.45) is 0 Å². The highest BCUT2D eigenvalue weighted by Crippen LogP contribution is 2.24. The van der Waals surface area contributed by atoms with Gasteiger partial charge in [-0.05, 0) is 50.1 Å². The van der Waals surface area contributed by atoms with E-state index in [2.05, 4.69) is 41.8 Å². The Morgan fingerprint density at radius 3 is 2.52 bits per heavy atom. The van der Waals surface area contributed by atoms with E-state index in [-0.39, 0.29) is 34.3 Å². The number of benzene rings is 2. The smallest absolute Gasteiger partial charge is 0.274 e. The van der Waals surface area contributed by atoms with Crippen molar-refractivity contribution in [2.75, 3.05) is 16.7 Å². The first-order valence-corrected chi connectivity index (χ1v) is 17.1. The van der Waals surface area contributed by atoms with Gasteiger partial charge in [0.15, 0.2) is 11.5 Å². The molecule has 0 aliphatic rings. The maximum Gasteiger partial charge on any atom is 0.274 e. The number of nitrogen functional groups attached to an aromatic ring is 1. The molecule has 1 amide bonds. The maximum absolute atomic E-state index is 14.3. The highest BCUT2D eigenvalue weighted by molar-refractivity contribution is 7.92. The standard InChI is InChI=1S/C33H27N9O4S2/c1-19(38-32(43)29-30(34)37-18-27(39-29)22-14-23(16-35-15-22)41-48(3,45)46)31-40-26-11-7-8-21(12-13-25-17-36-20(2)47-25)28(26)33(44)42(31)24-9-5-4-6-10-24/h4-11,14-19,41H,1-3H3,(H2,34,37)(H,38,43). The van der Waals surface area contributed by atoms with Gasteiger partial charge in [0, 0.05) is 17.3 Å². The first-order valence-electron chi connectivity index (χ1n) is 14.4. The Morgan fingerprint density at radius 1 is 1.00 bits per heavy atom. The van der Waals surface area contributed by atoms with Crippen LogP contribution in [0, 0.1) is 18.8 Å². The molecule has 0 spiro atoms. The van der Waals surface area contributed by atoms with Gasteiger partial charge >= 0.3 is 0 Å². The molecule has 6 aromatic rings. The van der Waals surface area contributed by atoms with Crippen molar-refractivity contribution in [1.82, 2.24) is 34.8 Å². The van der Waals surface area contributed by atoms with E-state index < -0.39 is 22.0 Å². The second-order valence-corrected chi connectivity index (χ2v) is 13.6. The monoisotopic (exact) mass is 677 g/mol. The first kappa shape index (κ1) is 32.0. The van der Waals surface area contributed by atoms with Gasteiger partial charge in [-0.15, -0.1) is 11.3 Å². The van der Waals surface area contributed by atoms with Crippen molar-refractivity contribution >= 4 is 49.7 Å².